The zero-order valence-corrected chi connectivity index (χ0v) is 15.5. The summed E-state index contributed by atoms with van der Waals surface area (Å²) in [4.78, 5) is 37.3. The Morgan fingerprint density at radius 3 is 2.75 bits per heavy atom. The number of hydrogen-bond acceptors (Lipinski definition) is 6. The third-order valence-corrected chi connectivity index (χ3v) is 6.41. The highest BCUT2D eigenvalue weighted by molar-refractivity contribution is 6.06. The molecule has 1 atom stereocenters. The van der Waals surface area contributed by atoms with Gasteiger partial charge in [0.05, 0.1) is 10.9 Å². The number of anilines is 1. The van der Waals surface area contributed by atoms with Crippen molar-refractivity contribution in [1.82, 2.24) is 20.2 Å². The van der Waals surface area contributed by atoms with Crippen LogP contribution in [0, 0.1) is 11.2 Å². The van der Waals surface area contributed by atoms with Crippen LogP contribution in [0.15, 0.2) is 24.4 Å². The molecule has 2 aromatic rings. The minimum atomic E-state index is -0.514. The number of benzene rings is 1. The van der Waals surface area contributed by atoms with Crippen LogP contribution in [0.4, 0.5) is 10.3 Å². The van der Waals surface area contributed by atoms with E-state index >= 15 is 0 Å². The van der Waals surface area contributed by atoms with Crippen molar-refractivity contribution < 1.29 is 14.0 Å². The predicted molar refractivity (Wildman–Crippen MR) is 101 cm³/mol. The highest BCUT2D eigenvalue weighted by Crippen LogP contribution is 2.39. The van der Waals surface area contributed by atoms with E-state index in [4.69, 9.17) is 0 Å². The van der Waals surface area contributed by atoms with Crippen molar-refractivity contribution in [2.24, 2.45) is 5.41 Å². The lowest BCUT2D eigenvalue weighted by Gasteiger charge is -2.37. The summed E-state index contributed by atoms with van der Waals surface area (Å²) < 4.78 is 13.5. The maximum Gasteiger partial charge on any atom is 0.234 e. The molecule has 3 aliphatic heterocycles. The Hall–Kier alpha value is -2.61. The maximum absolute atomic E-state index is 13.5. The van der Waals surface area contributed by atoms with Crippen molar-refractivity contribution in [2.45, 2.75) is 31.7 Å². The van der Waals surface area contributed by atoms with Gasteiger partial charge in [-0.25, -0.2) is 14.4 Å². The Labute approximate surface area is 161 Å². The topological polar surface area (TPSA) is 78.4 Å². The van der Waals surface area contributed by atoms with E-state index in [2.05, 4.69) is 25.1 Å². The van der Waals surface area contributed by atoms with E-state index in [1.165, 1.54) is 12.1 Å². The minimum Gasteiger partial charge on any atom is -0.341 e. The largest absolute Gasteiger partial charge is 0.341 e. The van der Waals surface area contributed by atoms with Gasteiger partial charge in [0.2, 0.25) is 17.8 Å². The van der Waals surface area contributed by atoms with Gasteiger partial charge in [-0.05, 0) is 37.9 Å². The lowest BCUT2D eigenvalue weighted by Crippen LogP contribution is -2.45. The van der Waals surface area contributed by atoms with Crippen molar-refractivity contribution in [3.63, 3.8) is 0 Å². The molecule has 28 heavy (non-hydrogen) atoms. The maximum atomic E-state index is 13.5. The standard InChI is InChI=1S/C20H22FN5O2/c21-14-2-1-13-11-22-19(23-16(13)9-14)25-6-3-15(4-7-25)26-8-5-20(12-26)10-17(27)24-18(20)28/h1-2,9,11,15H,3-8,10,12H2,(H,24,27,28)/t20-/m0/s1. The molecule has 1 spiro atoms. The number of likely N-dealkylation sites (tertiary alicyclic amines) is 1. The van der Waals surface area contributed by atoms with Gasteiger partial charge in [0.1, 0.15) is 5.82 Å². The van der Waals surface area contributed by atoms with Gasteiger partial charge in [0.15, 0.2) is 0 Å². The van der Waals surface area contributed by atoms with Gasteiger partial charge in [-0.3, -0.25) is 19.8 Å². The molecule has 1 aromatic heterocycles. The monoisotopic (exact) mass is 383 g/mol. The number of piperidine rings is 1. The van der Waals surface area contributed by atoms with Crippen molar-refractivity contribution in [3.8, 4) is 0 Å². The smallest absolute Gasteiger partial charge is 0.234 e. The van der Waals surface area contributed by atoms with E-state index in [1.807, 2.05) is 0 Å². The van der Waals surface area contributed by atoms with Crippen LogP contribution in [0.2, 0.25) is 0 Å². The number of rotatable bonds is 2. The molecule has 0 radical (unpaired) electrons. The summed E-state index contributed by atoms with van der Waals surface area (Å²) in [5, 5.41) is 3.29. The summed E-state index contributed by atoms with van der Waals surface area (Å²) in [6.07, 6.45) is 4.72. The molecule has 7 nitrogen and oxygen atoms in total. The molecule has 8 heteroatoms. The van der Waals surface area contributed by atoms with Crippen LogP contribution in [0.5, 0.6) is 0 Å². The van der Waals surface area contributed by atoms with Gasteiger partial charge < -0.3 is 4.90 Å². The molecule has 0 bridgehead atoms. The van der Waals surface area contributed by atoms with E-state index < -0.39 is 5.41 Å². The number of halogens is 1. The summed E-state index contributed by atoms with van der Waals surface area (Å²) in [5.74, 6) is 0.0873. The fourth-order valence-electron chi connectivity index (χ4n) is 4.81. The van der Waals surface area contributed by atoms with E-state index in [0.29, 0.717) is 30.5 Å². The average molecular weight is 383 g/mol. The molecule has 2 amide bonds. The first kappa shape index (κ1) is 17.5. The van der Waals surface area contributed by atoms with Crippen molar-refractivity contribution in [2.75, 3.05) is 31.1 Å². The first-order valence-electron chi connectivity index (χ1n) is 9.78. The summed E-state index contributed by atoms with van der Waals surface area (Å²) >= 11 is 0. The van der Waals surface area contributed by atoms with Crippen LogP contribution in [0.25, 0.3) is 10.9 Å². The highest BCUT2D eigenvalue weighted by Gasteiger charge is 2.51. The Morgan fingerprint density at radius 2 is 2.00 bits per heavy atom. The molecule has 146 valence electrons. The number of carbonyl (C=O) groups is 2. The fraction of sp³-hybridized carbons (Fsp3) is 0.500. The molecular weight excluding hydrogens is 361 g/mol. The quantitative estimate of drug-likeness (QED) is 0.792. The molecule has 3 fully saturated rings. The van der Waals surface area contributed by atoms with Crippen LogP contribution in [-0.4, -0.2) is 58.9 Å². The Balaban J connectivity index is 1.25. The summed E-state index contributed by atoms with van der Waals surface area (Å²) in [7, 11) is 0. The van der Waals surface area contributed by atoms with Gasteiger partial charge in [-0.15, -0.1) is 0 Å². The highest BCUT2D eigenvalue weighted by atomic mass is 19.1. The van der Waals surface area contributed by atoms with Crippen molar-refractivity contribution in [1.29, 1.82) is 0 Å². The number of amides is 2. The van der Waals surface area contributed by atoms with Gasteiger partial charge >= 0.3 is 0 Å². The van der Waals surface area contributed by atoms with E-state index in [9.17, 15) is 14.0 Å². The molecule has 3 saturated heterocycles. The Morgan fingerprint density at radius 1 is 1.18 bits per heavy atom. The molecule has 0 unspecified atom stereocenters. The second kappa shape index (κ2) is 6.48. The lowest BCUT2D eigenvalue weighted by molar-refractivity contribution is -0.128. The molecule has 0 aliphatic carbocycles. The number of aromatic nitrogens is 2. The first-order chi connectivity index (χ1) is 13.5. The number of nitrogens with zero attached hydrogens (tertiary/aromatic N) is 4. The molecule has 1 aromatic carbocycles. The van der Waals surface area contributed by atoms with Crippen molar-refractivity contribution in [3.05, 3.63) is 30.2 Å². The predicted octanol–water partition coefficient (Wildman–Crippen LogP) is 1.48. The molecular formula is C20H22FN5O2. The zero-order valence-electron chi connectivity index (χ0n) is 15.5. The van der Waals surface area contributed by atoms with Gasteiger partial charge in [-0.1, -0.05) is 0 Å². The first-order valence-corrected chi connectivity index (χ1v) is 9.78. The molecule has 0 saturated carbocycles. The Bertz CT molecular complexity index is 959. The molecule has 3 aliphatic rings. The number of hydrogen-bond donors (Lipinski definition) is 1. The van der Waals surface area contributed by atoms with Gasteiger partial charge in [0.25, 0.3) is 0 Å². The third kappa shape index (κ3) is 2.92. The molecule has 5 rings (SSSR count). The van der Waals surface area contributed by atoms with Crippen molar-refractivity contribution >= 4 is 28.7 Å². The second-order valence-electron chi connectivity index (χ2n) is 8.15. The second-order valence-corrected chi connectivity index (χ2v) is 8.15. The van der Waals surface area contributed by atoms with Crippen LogP contribution in [0.1, 0.15) is 25.7 Å². The van der Waals surface area contributed by atoms with Crippen LogP contribution >= 0.6 is 0 Å². The number of imide groups is 1. The molecule has 1 N–H and O–H groups in total. The summed E-state index contributed by atoms with van der Waals surface area (Å²) in [5.41, 5.74) is 0.102. The van der Waals surface area contributed by atoms with E-state index in [1.54, 1.807) is 12.3 Å². The van der Waals surface area contributed by atoms with E-state index in [-0.39, 0.29) is 17.6 Å². The van der Waals surface area contributed by atoms with Crippen LogP contribution < -0.4 is 10.2 Å². The summed E-state index contributed by atoms with van der Waals surface area (Å²) in [6, 6.07) is 4.94. The number of nitrogens with one attached hydrogen (secondary N) is 1. The average Bonchev–Trinajstić information content (AvgIpc) is 3.24. The fourth-order valence-corrected chi connectivity index (χ4v) is 4.81. The van der Waals surface area contributed by atoms with E-state index in [0.717, 1.165) is 44.3 Å². The zero-order chi connectivity index (χ0) is 19.3. The Kier molecular flexibility index (Phi) is 4.04. The third-order valence-electron chi connectivity index (χ3n) is 6.41. The lowest BCUT2D eigenvalue weighted by atomic mass is 9.85. The SMILES string of the molecule is O=C1C[C@]2(CCN(C3CCN(c4ncc5ccc(F)cc5n4)CC3)C2)C(=O)N1. The number of carbonyl (C=O) groups excluding carboxylic acids is 2. The number of fused-ring (bicyclic) bond motifs is 1. The van der Waals surface area contributed by atoms with Crippen LogP contribution in [0.3, 0.4) is 0 Å². The molecule has 4 heterocycles. The summed E-state index contributed by atoms with van der Waals surface area (Å²) in [6.45, 7) is 3.17. The van der Waals surface area contributed by atoms with Crippen LogP contribution in [-0.2, 0) is 9.59 Å². The minimum absolute atomic E-state index is 0.103. The normalized spacial score (nSPS) is 26.5. The van der Waals surface area contributed by atoms with Gasteiger partial charge in [-0.2, -0.15) is 0 Å². The van der Waals surface area contributed by atoms with Gasteiger partial charge in [0, 0.05) is 49.7 Å².